The number of para-hydroxylation sites is 1. The zero-order valence-corrected chi connectivity index (χ0v) is 15.2. The molecule has 2 rings (SSSR count). The molecule has 0 saturated carbocycles. The fourth-order valence-corrected chi connectivity index (χ4v) is 2.65. The fraction of sp³-hybridized carbons (Fsp3) is 0.333. The van der Waals surface area contributed by atoms with E-state index in [1.165, 1.54) is 0 Å². The van der Waals surface area contributed by atoms with E-state index in [4.69, 9.17) is 0 Å². The van der Waals surface area contributed by atoms with Gasteiger partial charge in [-0.05, 0) is 55.2 Å². The Balaban J connectivity index is 2.05. The molecule has 0 fully saturated rings. The molecule has 2 aromatic rings. The molecule has 0 aliphatic rings. The third kappa shape index (κ3) is 5.18. The van der Waals surface area contributed by atoms with E-state index in [0.717, 1.165) is 36.1 Å². The lowest BCUT2D eigenvalue weighted by Gasteiger charge is -2.13. The molecule has 0 spiro atoms. The summed E-state index contributed by atoms with van der Waals surface area (Å²) in [6, 6.07) is 13.0. The Morgan fingerprint density at radius 1 is 0.960 bits per heavy atom. The number of benzene rings is 2. The van der Waals surface area contributed by atoms with Crippen LogP contribution in [0.2, 0.25) is 0 Å². The summed E-state index contributed by atoms with van der Waals surface area (Å²) in [6.45, 7) is 6.11. The summed E-state index contributed by atoms with van der Waals surface area (Å²) in [5.41, 5.74) is 4.33. The van der Waals surface area contributed by atoms with Crippen LogP contribution < -0.4 is 10.6 Å². The minimum atomic E-state index is -0.146. The number of rotatable bonds is 7. The molecule has 4 nitrogen and oxygen atoms in total. The van der Waals surface area contributed by atoms with Gasteiger partial charge < -0.3 is 10.6 Å². The van der Waals surface area contributed by atoms with E-state index in [-0.39, 0.29) is 11.8 Å². The lowest BCUT2D eigenvalue weighted by Crippen LogP contribution is -2.15. The molecule has 0 bridgehead atoms. The smallest absolute Gasteiger partial charge is 0.255 e. The zero-order valence-electron chi connectivity index (χ0n) is 15.2. The summed E-state index contributed by atoms with van der Waals surface area (Å²) in [6.07, 6.45) is 3.25. The highest BCUT2D eigenvalue weighted by Crippen LogP contribution is 2.22. The van der Waals surface area contributed by atoms with Crippen molar-refractivity contribution in [2.24, 2.45) is 0 Å². The summed E-state index contributed by atoms with van der Waals surface area (Å²) in [4.78, 5) is 24.3. The molecule has 0 unspecified atom stereocenters. The summed E-state index contributed by atoms with van der Waals surface area (Å²) >= 11 is 0. The van der Waals surface area contributed by atoms with Crippen molar-refractivity contribution in [3.05, 3.63) is 59.2 Å². The lowest BCUT2D eigenvalue weighted by atomic mass is 10.1. The number of unbranched alkanes of at least 4 members (excludes halogenated alkanes) is 1. The van der Waals surface area contributed by atoms with E-state index in [1.807, 2.05) is 25.1 Å². The maximum atomic E-state index is 12.5. The molecule has 0 saturated heterocycles. The highest BCUT2D eigenvalue weighted by atomic mass is 16.2. The summed E-state index contributed by atoms with van der Waals surface area (Å²) in [5, 5.41) is 5.86. The molecule has 0 aliphatic heterocycles. The third-order valence-electron chi connectivity index (χ3n) is 4.17. The van der Waals surface area contributed by atoms with Crippen LogP contribution in [0.25, 0.3) is 0 Å². The Kier molecular flexibility index (Phi) is 6.75. The third-order valence-corrected chi connectivity index (χ3v) is 4.17. The van der Waals surface area contributed by atoms with E-state index in [1.54, 1.807) is 24.3 Å². The van der Waals surface area contributed by atoms with Gasteiger partial charge in [-0.2, -0.15) is 0 Å². The van der Waals surface area contributed by atoms with Crippen LogP contribution in [0.5, 0.6) is 0 Å². The molecule has 0 aliphatic carbocycles. The molecule has 132 valence electrons. The Morgan fingerprint density at radius 3 is 2.32 bits per heavy atom. The number of anilines is 2. The first-order valence-corrected chi connectivity index (χ1v) is 8.84. The quantitative estimate of drug-likeness (QED) is 0.751. The van der Waals surface area contributed by atoms with Crippen molar-refractivity contribution < 1.29 is 9.59 Å². The number of hydrogen-bond donors (Lipinski definition) is 2. The van der Waals surface area contributed by atoms with Gasteiger partial charge >= 0.3 is 0 Å². The second-order valence-corrected chi connectivity index (χ2v) is 6.15. The van der Waals surface area contributed by atoms with Crippen LogP contribution >= 0.6 is 0 Å². The van der Waals surface area contributed by atoms with Crippen LogP contribution in [0, 0.1) is 6.92 Å². The van der Waals surface area contributed by atoms with Crippen LogP contribution in [-0.2, 0) is 11.2 Å². The van der Waals surface area contributed by atoms with Crippen molar-refractivity contribution in [1.29, 1.82) is 0 Å². The predicted molar refractivity (Wildman–Crippen MR) is 103 cm³/mol. The van der Waals surface area contributed by atoms with Gasteiger partial charge in [0.15, 0.2) is 0 Å². The Bertz CT molecular complexity index is 736. The maximum absolute atomic E-state index is 12.5. The summed E-state index contributed by atoms with van der Waals surface area (Å²) in [5.74, 6) is -0.139. The van der Waals surface area contributed by atoms with Crippen molar-refractivity contribution in [1.82, 2.24) is 0 Å². The molecule has 0 atom stereocenters. The first-order valence-electron chi connectivity index (χ1n) is 8.84. The Morgan fingerprint density at radius 2 is 1.68 bits per heavy atom. The van der Waals surface area contributed by atoms with Crippen molar-refractivity contribution in [2.75, 3.05) is 10.6 Å². The van der Waals surface area contributed by atoms with Gasteiger partial charge in [0.25, 0.3) is 5.91 Å². The summed E-state index contributed by atoms with van der Waals surface area (Å²) in [7, 11) is 0. The van der Waals surface area contributed by atoms with Gasteiger partial charge in [-0.3, -0.25) is 9.59 Å². The van der Waals surface area contributed by atoms with E-state index >= 15 is 0 Å². The molecule has 25 heavy (non-hydrogen) atoms. The predicted octanol–water partition coefficient (Wildman–Crippen LogP) is 4.94. The lowest BCUT2D eigenvalue weighted by molar-refractivity contribution is -0.116. The molecular weight excluding hydrogens is 312 g/mol. The van der Waals surface area contributed by atoms with Crippen molar-refractivity contribution >= 4 is 23.2 Å². The molecule has 2 aromatic carbocycles. The molecule has 4 heteroatoms. The van der Waals surface area contributed by atoms with Gasteiger partial charge in [0.05, 0.1) is 0 Å². The number of aryl methyl sites for hydroxylation is 2. The first-order chi connectivity index (χ1) is 12.0. The second-order valence-electron chi connectivity index (χ2n) is 6.15. The van der Waals surface area contributed by atoms with E-state index in [9.17, 15) is 9.59 Å². The maximum Gasteiger partial charge on any atom is 0.255 e. The van der Waals surface area contributed by atoms with Gasteiger partial charge in [0, 0.05) is 23.4 Å². The van der Waals surface area contributed by atoms with Crippen LogP contribution in [0.15, 0.2) is 42.5 Å². The highest BCUT2D eigenvalue weighted by molar-refractivity contribution is 6.05. The number of amides is 2. The molecule has 0 aromatic heterocycles. The second kappa shape index (κ2) is 9.02. The van der Waals surface area contributed by atoms with Crippen LogP contribution in [0.1, 0.15) is 54.6 Å². The zero-order chi connectivity index (χ0) is 18.2. The standard InChI is InChI=1S/C21H26N2O2/c1-4-6-10-19(24)22-18-13-11-17(12-14-18)21(25)23-20-15(3)8-7-9-16(20)5-2/h7-9,11-14H,4-6,10H2,1-3H3,(H,22,24)(H,23,25). The topological polar surface area (TPSA) is 58.2 Å². The minimum absolute atomic E-state index is 0.00606. The highest BCUT2D eigenvalue weighted by Gasteiger charge is 2.11. The number of carbonyl (C=O) groups is 2. The first kappa shape index (κ1) is 18.7. The van der Waals surface area contributed by atoms with Crippen molar-refractivity contribution in [3.63, 3.8) is 0 Å². The molecule has 0 radical (unpaired) electrons. The van der Waals surface area contributed by atoms with Crippen molar-refractivity contribution in [3.8, 4) is 0 Å². The molecule has 0 heterocycles. The molecular formula is C21H26N2O2. The molecule has 2 amide bonds. The van der Waals surface area contributed by atoms with Crippen molar-refractivity contribution in [2.45, 2.75) is 46.5 Å². The average molecular weight is 338 g/mol. The monoisotopic (exact) mass is 338 g/mol. The number of nitrogens with one attached hydrogen (secondary N) is 2. The van der Waals surface area contributed by atoms with Gasteiger partial charge in [-0.15, -0.1) is 0 Å². The Hall–Kier alpha value is -2.62. The fourth-order valence-electron chi connectivity index (χ4n) is 2.65. The minimum Gasteiger partial charge on any atom is -0.326 e. The normalized spacial score (nSPS) is 10.4. The van der Waals surface area contributed by atoms with Gasteiger partial charge in [-0.1, -0.05) is 38.5 Å². The van der Waals surface area contributed by atoms with Gasteiger partial charge in [0.2, 0.25) is 5.91 Å². The average Bonchev–Trinajstić information content (AvgIpc) is 2.62. The Labute approximate surface area is 149 Å². The van der Waals surface area contributed by atoms with E-state index in [0.29, 0.717) is 17.7 Å². The van der Waals surface area contributed by atoms with Crippen LogP contribution in [0.4, 0.5) is 11.4 Å². The van der Waals surface area contributed by atoms with E-state index in [2.05, 4.69) is 24.5 Å². The largest absolute Gasteiger partial charge is 0.326 e. The molecule has 2 N–H and O–H groups in total. The van der Waals surface area contributed by atoms with Gasteiger partial charge in [0.1, 0.15) is 0 Å². The number of hydrogen-bond acceptors (Lipinski definition) is 2. The van der Waals surface area contributed by atoms with E-state index < -0.39 is 0 Å². The van der Waals surface area contributed by atoms with Crippen LogP contribution in [-0.4, -0.2) is 11.8 Å². The van der Waals surface area contributed by atoms with Crippen LogP contribution in [0.3, 0.4) is 0 Å². The van der Waals surface area contributed by atoms with Gasteiger partial charge in [-0.25, -0.2) is 0 Å². The SMILES string of the molecule is CCCCC(=O)Nc1ccc(C(=O)Nc2c(C)cccc2CC)cc1. The summed E-state index contributed by atoms with van der Waals surface area (Å²) < 4.78 is 0. The number of carbonyl (C=O) groups excluding carboxylic acids is 2.